The van der Waals surface area contributed by atoms with Gasteiger partial charge in [0.25, 0.3) is 0 Å². The first kappa shape index (κ1) is 13.1. The Morgan fingerprint density at radius 3 is 2.78 bits per heavy atom. The second-order valence-electron chi connectivity index (χ2n) is 4.45. The lowest BCUT2D eigenvalue weighted by Crippen LogP contribution is -2.29. The van der Waals surface area contributed by atoms with Crippen molar-refractivity contribution in [2.24, 2.45) is 5.84 Å². The van der Waals surface area contributed by atoms with E-state index in [-0.39, 0.29) is 6.04 Å². The normalized spacial score (nSPS) is 13.2. The Balaban J connectivity index is 2.13. The van der Waals surface area contributed by atoms with Crippen molar-refractivity contribution in [3.8, 4) is 0 Å². The second kappa shape index (κ2) is 5.56. The lowest BCUT2D eigenvalue weighted by molar-refractivity contribution is 0.501. The fraction of sp³-hybridized carbons (Fsp3) is 0.417. The van der Waals surface area contributed by atoms with Crippen LogP contribution >= 0.6 is 11.6 Å². The molecule has 0 amide bonds. The molecule has 2 aromatic heterocycles. The predicted octanol–water partition coefficient (Wildman–Crippen LogP) is 2.46. The monoisotopic (exact) mass is 268 g/mol. The van der Waals surface area contributed by atoms with Crippen LogP contribution < -0.4 is 11.3 Å². The summed E-state index contributed by atoms with van der Waals surface area (Å²) < 4.78 is 6.99. The summed E-state index contributed by atoms with van der Waals surface area (Å²) in [6, 6.07) is 4.04. The van der Waals surface area contributed by atoms with Crippen LogP contribution in [0, 0.1) is 0 Å². The molecule has 0 spiro atoms. The highest BCUT2D eigenvalue weighted by atomic mass is 35.5. The third-order valence-corrected chi connectivity index (χ3v) is 3.14. The van der Waals surface area contributed by atoms with Crippen LogP contribution in [-0.2, 0) is 6.42 Å². The number of nitrogens with zero attached hydrogens (tertiary/aromatic N) is 2. The number of nitrogens with one attached hydrogen (secondary N) is 1. The van der Waals surface area contributed by atoms with Crippen molar-refractivity contribution in [1.82, 2.24) is 15.2 Å². The first-order valence-electron chi connectivity index (χ1n) is 5.85. The Bertz CT molecular complexity index is 506. The molecule has 0 bridgehead atoms. The van der Waals surface area contributed by atoms with Crippen LogP contribution in [0.15, 0.2) is 29.0 Å². The van der Waals surface area contributed by atoms with Gasteiger partial charge in [-0.2, -0.15) is 5.10 Å². The van der Waals surface area contributed by atoms with Crippen LogP contribution in [0.5, 0.6) is 0 Å². The van der Waals surface area contributed by atoms with E-state index in [1.54, 1.807) is 6.26 Å². The van der Waals surface area contributed by atoms with Gasteiger partial charge in [0.1, 0.15) is 0 Å². The molecule has 0 aromatic carbocycles. The topological polar surface area (TPSA) is 69.0 Å². The minimum absolute atomic E-state index is 0.105. The van der Waals surface area contributed by atoms with E-state index in [0.29, 0.717) is 17.7 Å². The summed E-state index contributed by atoms with van der Waals surface area (Å²) in [5, 5.41) is 4.85. The minimum Gasteiger partial charge on any atom is -0.453 e. The van der Waals surface area contributed by atoms with E-state index in [1.807, 2.05) is 23.0 Å². The highest BCUT2D eigenvalue weighted by Gasteiger charge is 2.17. The molecule has 0 saturated carbocycles. The zero-order chi connectivity index (χ0) is 13.1. The van der Waals surface area contributed by atoms with E-state index in [4.69, 9.17) is 21.9 Å². The number of rotatable bonds is 5. The van der Waals surface area contributed by atoms with Crippen LogP contribution in [0.1, 0.15) is 37.2 Å². The molecule has 18 heavy (non-hydrogen) atoms. The van der Waals surface area contributed by atoms with Crippen LogP contribution in [0.3, 0.4) is 0 Å². The first-order chi connectivity index (χ1) is 8.61. The highest BCUT2D eigenvalue weighted by molar-refractivity contribution is 6.29. The van der Waals surface area contributed by atoms with E-state index in [1.165, 1.54) is 0 Å². The highest BCUT2D eigenvalue weighted by Crippen LogP contribution is 2.25. The van der Waals surface area contributed by atoms with Crippen molar-refractivity contribution in [2.45, 2.75) is 32.4 Å². The van der Waals surface area contributed by atoms with Crippen molar-refractivity contribution in [3.05, 3.63) is 41.1 Å². The number of hydrogen-bond acceptors (Lipinski definition) is 4. The van der Waals surface area contributed by atoms with Crippen molar-refractivity contribution >= 4 is 11.6 Å². The Morgan fingerprint density at radius 1 is 1.50 bits per heavy atom. The van der Waals surface area contributed by atoms with Crippen LogP contribution in [-0.4, -0.2) is 9.78 Å². The van der Waals surface area contributed by atoms with Crippen molar-refractivity contribution in [1.29, 1.82) is 0 Å². The molecule has 0 aliphatic rings. The molecule has 0 aliphatic heterocycles. The number of hydrogen-bond donors (Lipinski definition) is 2. The molecule has 0 aliphatic carbocycles. The standard InChI is InChI=1S/C12H17ClN4O/c1-8(2)17-5-3-9(16-17)7-11(15-14)10-4-6-18-12(10)13/h3-6,8,11,15H,7,14H2,1-2H3. The van der Waals surface area contributed by atoms with Crippen LogP contribution in [0.2, 0.25) is 5.22 Å². The largest absolute Gasteiger partial charge is 0.453 e. The smallest absolute Gasteiger partial charge is 0.197 e. The zero-order valence-corrected chi connectivity index (χ0v) is 11.2. The van der Waals surface area contributed by atoms with Gasteiger partial charge in [-0.05, 0) is 37.6 Å². The SMILES string of the molecule is CC(C)n1ccc(CC(NN)c2ccoc2Cl)n1. The third kappa shape index (κ3) is 2.75. The first-order valence-corrected chi connectivity index (χ1v) is 6.22. The van der Waals surface area contributed by atoms with Crippen LogP contribution in [0.4, 0.5) is 0 Å². The van der Waals surface area contributed by atoms with Crippen molar-refractivity contribution < 1.29 is 4.42 Å². The summed E-state index contributed by atoms with van der Waals surface area (Å²) in [7, 11) is 0. The lowest BCUT2D eigenvalue weighted by Gasteiger charge is -2.13. The molecule has 6 heteroatoms. The Morgan fingerprint density at radius 2 is 2.28 bits per heavy atom. The summed E-state index contributed by atoms with van der Waals surface area (Å²) in [4.78, 5) is 0. The van der Waals surface area contributed by atoms with E-state index < -0.39 is 0 Å². The van der Waals surface area contributed by atoms with Gasteiger partial charge in [0.2, 0.25) is 0 Å². The quantitative estimate of drug-likeness (QED) is 0.646. The molecule has 0 fully saturated rings. The average Bonchev–Trinajstić information content (AvgIpc) is 2.95. The molecule has 2 aromatic rings. The van der Waals surface area contributed by atoms with E-state index in [0.717, 1.165) is 11.3 Å². The van der Waals surface area contributed by atoms with E-state index in [9.17, 15) is 0 Å². The van der Waals surface area contributed by atoms with Gasteiger partial charge >= 0.3 is 0 Å². The summed E-state index contributed by atoms with van der Waals surface area (Å²) in [6.07, 6.45) is 4.18. The Hall–Kier alpha value is -1.30. The fourth-order valence-corrected chi connectivity index (χ4v) is 2.04. The van der Waals surface area contributed by atoms with Crippen molar-refractivity contribution in [2.75, 3.05) is 0 Å². The summed E-state index contributed by atoms with van der Waals surface area (Å²) >= 11 is 5.95. The summed E-state index contributed by atoms with van der Waals surface area (Å²) in [5.41, 5.74) is 4.55. The average molecular weight is 269 g/mol. The Kier molecular flexibility index (Phi) is 4.06. The zero-order valence-electron chi connectivity index (χ0n) is 10.4. The summed E-state index contributed by atoms with van der Waals surface area (Å²) in [5.74, 6) is 5.56. The molecule has 2 heterocycles. The minimum atomic E-state index is -0.105. The molecule has 0 radical (unpaired) electrons. The van der Waals surface area contributed by atoms with Gasteiger partial charge in [-0.1, -0.05) is 0 Å². The van der Waals surface area contributed by atoms with Gasteiger partial charge in [0, 0.05) is 24.2 Å². The Labute approximate surface area is 111 Å². The fourth-order valence-electron chi connectivity index (χ4n) is 1.80. The lowest BCUT2D eigenvalue weighted by atomic mass is 10.1. The van der Waals surface area contributed by atoms with Gasteiger partial charge < -0.3 is 4.42 Å². The predicted molar refractivity (Wildman–Crippen MR) is 70.1 cm³/mol. The number of halogens is 1. The van der Waals surface area contributed by atoms with Gasteiger partial charge in [-0.15, -0.1) is 0 Å². The maximum Gasteiger partial charge on any atom is 0.197 e. The number of hydrazine groups is 1. The molecule has 3 N–H and O–H groups in total. The molecule has 1 unspecified atom stereocenters. The van der Waals surface area contributed by atoms with E-state index >= 15 is 0 Å². The second-order valence-corrected chi connectivity index (χ2v) is 4.80. The molecule has 5 nitrogen and oxygen atoms in total. The van der Waals surface area contributed by atoms with Gasteiger partial charge in [0.05, 0.1) is 18.0 Å². The number of nitrogens with two attached hydrogens (primary N) is 1. The van der Waals surface area contributed by atoms with Gasteiger partial charge in [0.15, 0.2) is 5.22 Å². The molecule has 1 atom stereocenters. The molecular weight excluding hydrogens is 252 g/mol. The van der Waals surface area contributed by atoms with Crippen molar-refractivity contribution in [3.63, 3.8) is 0 Å². The maximum atomic E-state index is 5.95. The molecular formula is C12H17ClN4O. The maximum absolute atomic E-state index is 5.95. The molecule has 2 rings (SSSR count). The number of aromatic nitrogens is 2. The summed E-state index contributed by atoms with van der Waals surface area (Å²) in [6.45, 7) is 4.17. The molecule has 98 valence electrons. The molecule has 0 saturated heterocycles. The van der Waals surface area contributed by atoms with Crippen LogP contribution in [0.25, 0.3) is 0 Å². The van der Waals surface area contributed by atoms with E-state index in [2.05, 4.69) is 24.4 Å². The van der Waals surface area contributed by atoms with Gasteiger partial charge in [-0.3, -0.25) is 16.0 Å². The third-order valence-electron chi connectivity index (χ3n) is 2.83. The number of furan rings is 1. The van der Waals surface area contributed by atoms with Gasteiger partial charge in [-0.25, -0.2) is 0 Å².